The van der Waals surface area contributed by atoms with Gasteiger partial charge in [-0.15, -0.1) is 0 Å². The van der Waals surface area contributed by atoms with Crippen LogP contribution in [0.2, 0.25) is 0 Å². The van der Waals surface area contributed by atoms with Crippen molar-refractivity contribution >= 4 is 5.78 Å². The smallest absolute Gasteiger partial charge is 0.193 e. The molecule has 0 unspecified atom stereocenters. The number of hydrogen-bond acceptors (Lipinski definition) is 7. The van der Waals surface area contributed by atoms with E-state index in [1.54, 1.807) is 113 Å². The number of methoxy groups -OCH3 is 4. The molecule has 4 aromatic carbocycles. The van der Waals surface area contributed by atoms with Gasteiger partial charge < -0.3 is 28.4 Å². The third-order valence-corrected chi connectivity index (χ3v) is 5.35. The van der Waals surface area contributed by atoms with Crippen LogP contribution in [0.15, 0.2) is 84.9 Å². The number of carbonyl (C=O) groups is 1. The Bertz CT molecular complexity index is 1180. The molecular formula is C29H26O7. The van der Waals surface area contributed by atoms with E-state index in [2.05, 4.69) is 0 Å². The molecule has 0 heterocycles. The maximum atomic E-state index is 13.0. The topological polar surface area (TPSA) is 72.5 Å². The highest BCUT2D eigenvalue weighted by Gasteiger charge is 2.11. The molecule has 0 bridgehead atoms. The van der Waals surface area contributed by atoms with Crippen LogP contribution in [-0.2, 0) is 0 Å². The van der Waals surface area contributed by atoms with Crippen LogP contribution in [0.25, 0.3) is 0 Å². The molecule has 4 rings (SSSR count). The lowest BCUT2D eigenvalue weighted by molar-refractivity contribution is 0.103. The maximum absolute atomic E-state index is 13.0. The normalized spacial score (nSPS) is 10.3. The summed E-state index contributed by atoms with van der Waals surface area (Å²) in [5, 5.41) is 0. The summed E-state index contributed by atoms with van der Waals surface area (Å²) >= 11 is 0. The monoisotopic (exact) mass is 486 g/mol. The third kappa shape index (κ3) is 5.88. The highest BCUT2D eigenvalue weighted by atomic mass is 16.5. The van der Waals surface area contributed by atoms with Crippen molar-refractivity contribution in [1.82, 2.24) is 0 Å². The summed E-state index contributed by atoms with van der Waals surface area (Å²) in [6.07, 6.45) is 0. The van der Waals surface area contributed by atoms with E-state index in [4.69, 9.17) is 28.4 Å². The standard InChI is InChI=1S/C29H26O7/c1-31-23-13-24(32-2)16-27(15-23)35-21-9-5-19(6-10-21)29(30)20-7-11-22(12-8-20)36-28-17-25(33-3)14-26(18-28)34-4/h5-18H,1-4H3. The second-order valence-electron chi connectivity index (χ2n) is 7.68. The molecule has 0 saturated heterocycles. The van der Waals surface area contributed by atoms with Gasteiger partial charge in [0.25, 0.3) is 0 Å². The van der Waals surface area contributed by atoms with Gasteiger partial charge in [0.1, 0.15) is 46.0 Å². The fourth-order valence-electron chi connectivity index (χ4n) is 3.47. The van der Waals surface area contributed by atoms with Crippen molar-refractivity contribution in [3.05, 3.63) is 96.1 Å². The van der Waals surface area contributed by atoms with Crippen LogP contribution in [-0.4, -0.2) is 34.2 Å². The lowest BCUT2D eigenvalue weighted by atomic mass is 10.0. The van der Waals surface area contributed by atoms with Crippen molar-refractivity contribution in [2.24, 2.45) is 0 Å². The van der Waals surface area contributed by atoms with Gasteiger partial charge in [-0.1, -0.05) is 0 Å². The zero-order chi connectivity index (χ0) is 25.5. The third-order valence-electron chi connectivity index (χ3n) is 5.35. The second kappa shape index (κ2) is 11.2. The van der Waals surface area contributed by atoms with E-state index >= 15 is 0 Å². The number of benzene rings is 4. The van der Waals surface area contributed by atoms with Gasteiger partial charge in [0.15, 0.2) is 5.78 Å². The first kappa shape index (κ1) is 24.5. The molecule has 0 spiro atoms. The Labute approximate surface area is 209 Å². The summed E-state index contributed by atoms with van der Waals surface area (Å²) in [5.41, 5.74) is 1.08. The van der Waals surface area contributed by atoms with Gasteiger partial charge in [0.2, 0.25) is 0 Å². The first-order chi connectivity index (χ1) is 17.5. The SMILES string of the molecule is COc1cc(OC)cc(Oc2ccc(C(=O)c3ccc(Oc4cc(OC)cc(OC)c4)cc3)cc2)c1. The quantitative estimate of drug-likeness (QED) is 0.236. The molecule has 0 aliphatic rings. The van der Waals surface area contributed by atoms with E-state index in [1.165, 1.54) is 0 Å². The summed E-state index contributed by atoms with van der Waals surface area (Å²) in [7, 11) is 6.31. The van der Waals surface area contributed by atoms with Crippen LogP contribution in [0, 0.1) is 0 Å². The Balaban J connectivity index is 1.44. The Morgan fingerprint density at radius 1 is 0.417 bits per heavy atom. The predicted molar refractivity (Wildman–Crippen MR) is 136 cm³/mol. The molecule has 4 aromatic rings. The van der Waals surface area contributed by atoms with Crippen LogP contribution >= 0.6 is 0 Å². The molecule has 7 heteroatoms. The maximum Gasteiger partial charge on any atom is 0.193 e. The number of hydrogen-bond donors (Lipinski definition) is 0. The second-order valence-corrected chi connectivity index (χ2v) is 7.68. The van der Waals surface area contributed by atoms with Crippen molar-refractivity contribution in [3.63, 3.8) is 0 Å². The van der Waals surface area contributed by atoms with E-state index in [1.807, 2.05) is 0 Å². The molecule has 7 nitrogen and oxygen atoms in total. The average molecular weight is 487 g/mol. The van der Waals surface area contributed by atoms with Crippen LogP contribution in [0.4, 0.5) is 0 Å². The molecule has 184 valence electrons. The summed E-state index contributed by atoms with van der Waals surface area (Å²) in [5.74, 6) is 4.66. The number of carbonyl (C=O) groups excluding carboxylic acids is 1. The van der Waals surface area contributed by atoms with Gasteiger partial charge in [-0.05, 0) is 48.5 Å². The zero-order valence-corrected chi connectivity index (χ0v) is 20.4. The van der Waals surface area contributed by atoms with Gasteiger partial charge in [-0.3, -0.25) is 4.79 Å². The molecule has 0 atom stereocenters. The van der Waals surface area contributed by atoms with Crippen molar-refractivity contribution in [2.75, 3.05) is 28.4 Å². The van der Waals surface area contributed by atoms with Gasteiger partial charge in [-0.2, -0.15) is 0 Å². The Kier molecular flexibility index (Phi) is 7.60. The van der Waals surface area contributed by atoms with Crippen molar-refractivity contribution < 1.29 is 33.2 Å². The van der Waals surface area contributed by atoms with Crippen LogP contribution in [0.3, 0.4) is 0 Å². The van der Waals surface area contributed by atoms with E-state index in [9.17, 15) is 4.79 Å². The largest absolute Gasteiger partial charge is 0.496 e. The lowest BCUT2D eigenvalue weighted by Gasteiger charge is -2.11. The summed E-state index contributed by atoms with van der Waals surface area (Å²) in [4.78, 5) is 13.0. The molecule has 0 fully saturated rings. The Hall–Kier alpha value is -4.65. The Morgan fingerprint density at radius 2 is 0.694 bits per heavy atom. The summed E-state index contributed by atoms with van der Waals surface area (Å²) in [6, 6.07) is 24.4. The van der Waals surface area contributed by atoms with Crippen LogP contribution in [0.5, 0.6) is 46.0 Å². The van der Waals surface area contributed by atoms with Crippen molar-refractivity contribution in [1.29, 1.82) is 0 Å². The summed E-state index contributed by atoms with van der Waals surface area (Å²) in [6.45, 7) is 0. The first-order valence-corrected chi connectivity index (χ1v) is 11.1. The molecule has 0 aliphatic carbocycles. The molecule has 0 aliphatic heterocycles. The first-order valence-electron chi connectivity index (χ1n) is 11.1. The number of ketones is 1. The molecule has 36 heavy (non-hydrogen) atoms. The minimum absolute atomic E-state index is 0.112. The van der Waals surface area contributed by atoms with Gasteiger partial charge in [0.05, 0.1) is 28.4 Å². The number of ether oxygens (including phenoxy) is 6. The number of rotatable bonds is 10. The van der Waals surface area contributed by atoms with Crippen LogP contribution in [0.1, 0.15) is 15.9 Å². The lowest BCUT2D eigenvalue weighted by Crippen LogP contribution is -2.01. The average Bonchev–Trinajstić information content (AvgIpc) is 2.93. The molecule has 0 radical (unpaired) electrons. The fraction of sp³-hybridized carbons (Fsp3) is 0.138. The molecule has 0 saturated carbocycles. The van der Waals surface area contributed by atoms with Crippen molar-refractivity contribution in [2.45, 2.75) is 0 Å². The molecule has 0 aromatic heterocycles. The zero-order valence-electron chi connectivity index (χ0n) is 20.4. The molecule has 0 amide bonds. The van der Waals surface area contributed by atoms with E-state index in [0.717, 1.165) is 0 Å². The predicted octanol–water partition coefficient (Wildman–Crippen LogP) is 6.54. The van der Waals surface area contributed by atoms with E-state index in [0.29, 0.717) is 57.1 Å². The molecular weight excluding hydrogens is 460 g/mol. The van der Waals surface area contributed by atoms with Gasteiger partial charge >= 0.3 is 0 Å². The summed E-state index contributed by atoms with van der Waals surface area (Å²) < 4.78 is 32.9. The fourth-order valence-corrected chi connectivity index (χ4v) is 3.47. The van der Waals surface area contributed by atoms with Crippen LogP contribution < -0.4 is 28.4 Å². The van der Waals surface area contributed by atoms with Crippen molar-refractivity contribution in [3.8, 4) is 46.0 Å². The van der Waals surface area contributed by atoms with Gasteiger partial charge in [-0.25, -0.2) is 0 Å². The highest BCUT2D eigenvalue weighted by molar-refractivity contribution is 6.09. The minimum Gasteiger partial charge on any atom is -0.496 e. The van der Waals surface area contributed by atoms with E-state index < -0.39 is 0 Å². The van der Waals surface area contributed by atoms with Gasteiger partial charge in [0, 0.05) is 47.5 Å². The highest BCUT2D eigenvalue weighted by Crippen LogP contribution is 2.32. The van der Waals surface area contributed by atoms with E-state index in [-0.39, 0.29) is 5.78 Å². The Morgan fingerprint density at radius 3 is 0.972 bits per heavy atom. The molecule has 0 N–H and O–H groups in total. The minimum atomic E-state index is -0.112.